The molecule has 0 atom stereocenters. The van der Waals surface area contributed by atoms with E-state index in [1.165, 1.54) is 10.4 Å². The number of aryl methyl sites for hydroxylation is 1. The Hall–Kier alpha value is -2.68. The van der Waals surface area contributed by atoms with Crippen molar-refractivity contribution in [2.75, 3.05) is 31.1 Å². The molecule has 1 heterocycles. The molecule has 0 saturated carbocycles. The zero-order chi connectivity index (χ0) is 20.1. The van der Waals surface area contributed by atoms with Crippen LogP contribution in [-0.4, -0.2) is 50.0 Å². The van der Waals surface area contributed by atoms with Crippen molar-refractivity contribution < 1.29 is 18.4 Å². The van der Waals surface area contributed by atoms with Gasteiger partial charge in [0.15, 0.2) is 0 Å². The first-order valence-corrected chi connectivity index (χ1v) is 10.4. The fourth-order valence-electron chi connectivity index (χ4n) is 3.27. The van der Waals surface area contributed by atoms with Gasteiger partial charge in [0.25, 0.3) is 5.91 Å². The van der Waals surface area contributed by atoms with Crippen LogP contribution in [0.4, 0.5) is 5.69 Å². The van der Waals surface area contributed by atoms with Crippen LogP contribution in [0.25, 0.3) is 6.08 Å². The van der Waals surface area contributed by atoms with E-state index < -0.39 is 15.9 Å². The lowest BCUT2D eigenvalue weighted by atomic mass is 10.1. The first kappa shape index (κ1) is 20.1. The van der Waals surface area contributed by atoms with E-state index in [0.29, 0.717) is 31.1 Å². The first-order chi connectivity index (χ1) is 13.4. The van der Waals surface area contributed by atoms with E-state index in [1.807, 2.05) is 30.3 Å². The van der Waals surface area contributed by atoms with E-state index in [-0.39, 0.29) is 0 Å². The van der Waals surface area contributed by atoms with Crippen molar-refractivity contribution in [3.8, 4) is 0 Å². The summed E-state index contributed by atoms with van der Waals surface area (Å²) in [6.45, 7) is 3.65. The van der Waals surface area contributed by atoms with Crippen LogP contribution in [0, 0.1) is 6.92 Å². The van der Waals surface area contributed by atoms with Gasteiger partial charge in [-0.05, 0) is 36.3 Å². The van der Waals surface area contributed by atoms with E-state index >= 15 is 0 Å². The van der Waals surface area contributed by atoms with Crippen LogP contribution >= 0.6 is 0 Å². The van der Waals surface area contributed by atoms with Crippen molar-refractivity contribution in [1.29, 1.82) is 0 Å². The normalized spacial score (nSPS) is 15.7. The van der Waals surface area contributed by atoms with Crippen LogP contribution in [0.5, 0.6) is 0 Å². The molecule has 2 aromatic rings. The molecular weight excluding hydrogens is 378 g/mol. The number of amides is 1. The number of para-hydroxylation sites is 1. The standard InChI is InChI=1S/C20H23N3O4S/c1-16-6-2-5-9-19(16)28(26,27)23-14-12-22(13-15-23)18-8-4-3-7-17(18)10-11-20(24)21-25/h2-11,25H,12-15H2,1H3,(H,21,24). The number of carbonyl (C=O) groups is 1. The lowest BCUT2D eigenvalue weighted by molar-refractivity contribution is -0.124. The zero-order valence-corrected chi connectivity index (χ0v) is 16.4. The molecule has 1 aliphatic heterocycles. The Morgan fingerprint density at radius 2 is 1.68 bits per heavy atom. The van der Waals surface area contributed by atoms with Gasteiger partial charge < -0.3 is 4.90 Å². The van der Waals surface area contributed by atoms with Crippen LogP contribution in [0.2, 0.25) is 0 Å². The van der Waals surface area contributed by atoms with Crippen molar-refractivity contribution in [3.63, 3.8) is 0 Å². The third-order valence-corrected chi connectivity index (χ3v) is 6.81. The maximum atomic E-state index is 13.0. The Balaban J connectivity index is 1.75. The largest absolute Gasteiger partial charge is 0.368 e. The van der Waals surface area contributed by atoms with E-state index in [1.54, 1.807) is 36.7 Å². The minimum Gasteiger partial charge on any atom is -0.368 e. The predicted octanol–water partition coefficient (Wildman–Crippen LogP) is 2.02. The second kappa shape index (κ2) is 8.55. The molecule has 0 aromatic heterocycles. The molecule has 2 aromatic carbocycles. The Morgan fingerprint density at radius 3 is 2.36 bits per heavy atom. The average Bonchev–Trinajstić information content (AvgIpc) is 2.72. The van der Waals surface area contributed by atoms with Gasteiger partial charge in [-0.15, -0.1) is 0 Å². The highest BCUT2D eigenvalue weighted by Gasteiger charge is 2.29. The molecular formula is C20H23N3O4S. The van der Waals surface area contributed by atoms with Crippen molar-refractivity contribution in [2.45, 2.75) is 11.8 Å². The number of hydrogen-bond donors (Lipinski definition) is 2. The van der Waals surface area contributed by atoms with Crippen LogP contribution in [0.3, 0.4) is 0 Å². The van der Waals surface area contributed by atoms with Gasteiger partial charge in [-0.25, -0.2) is 13.9 Å². The molecule has 7 nitrogen and oxygen atoms in total. The highest BCUT2D eigenvalue weighted by molar-refractivity contribution is 7.89. The lowest BCUT2D eigenvalue weighted by Gasteiger charge is -2.36. The Bertz CT molecular complexity index is 980. The molecule has 0 spiro atoms. The minimum absolute atomic E-state index is 0.349. The molecule has 148 valence electrons. The number of nitrogens with zero attached hydrogens (tertiary/aromatic N) is 2. The molecule has 1 aliphatic rings. The van der Waals surface area contributed by atoms with Gasteiger partial charge in [-0.3, -0.25) is 10.0 Å². The maximum absolute atomic E-state index is 13.0. The van der Waals surface area contributed by atoms with Crippen molar-refractivity contribution >= 4 is 27.7 Å². The summed E-state index contributed by atoms with van der Waals surface area (Å²) in [6, 6.07) is 14.6. The van der Waals surface area contributed by atoms with Crippen molar-refractivity contribution in [2.24, 2.45) is 0 Å². The number of anilines is 1. The molecule has 0 bridgehead atoms. The summed E-state index contributed by atoms with van der Waals surface area (Å²) in [7, 11) is -3.52. The van der Waals surface area contributed by atoms with Crippen LogP contribution in [-0.2, 0) is 14.8 Å². The minimum atomic E-state index is -3.52. The van der Waals surface area contributed by atoms with Gasteiger partial charge in [0, 0.05) is 37.9 Å². The molecule has 8 heteroatoms. The van der Waals surface area contributed by atoms with Crippen molar-refractivity contribution in [3.05, 3.63) is 65.7 Å². The fraction of sp³-hybridized carbons (Fsp3) is 0.250. The van der Waals surface area contributed by atoms with Gasteiger partial charge in [0.05, 0.1) is 4.90 Å². The third kappa shape index (κ3) is 4.24. The smallest absolute Gasteiger partial charge is 0.267 e. The average molecular weight is 401 g/mol. The summed E-state index contributed by atoms with van der Waals surface area (Å²) in [5.41, 5.74) is 4.04. The van der Waals surface area contributed by atoms with Gasteiger partial charge in [0.2, 0.25) is 10.0 Å². The highest BCUT2D eigenvalue weighted by Crippen LogP contribution is 2.26. The maximum Gasteiger partial charge on any atom is 0.267 e. The van der Waals surface area contributed by atoms with Gasteiger partial charge in [-0.1, -0.05) is 36.4 Å². The number of carbonyl (C=O) groups excluding carboxylic acids is 1. The number of benzene rings is 2. The van der Waals surface area contributed by atoms with Crippen LogP contribution < -0.4 is 10.4 Å². The second-order valence-electron chi connectivity index (χ2n) is 6.52. The van der Waals surface area contributed by atoms with Gasteiger partial charge in [-0.2, -0.15) is 4.31 Å². The number of rotatable bonds is 5. The quantitative estimate of drug-likeness (QED) is 0.455. The molecule has 2 N–H and O–H groups in total. The predicted molar refractivity (Wildman–Crippen MR) is 108 cm³/mol. The highest BCUT2D eigenvalue weighted by atomic mass is 32.2. The van der Waals surface area contributed by atoms with Gasteiger partial charge in [0.1, 0.15) is 0 Å². The molecule has 0 radical (unpaired) electrons. The Kier molecular flexibility index (Phi) is 6.13. The topological polar surface area (TPSA) is 90.0 Å². The Morgan fingerprint density at radius 1 is 1.04 bits per heavy atom. The molecule has 1 fully saturated rings. The summed E-state index contributed by atoms with van der Waals surface area (Å²) < 4.78 is 27.4. The summed E-state index contributed by atoms with van der Waals surface area (Å²) in [4.78, 5) is 13.7. The molecule has 0 unspecified atom stereocenters. The molecule has 1 saturated heterocycles. The number of nitrogens with one attached hydrogen (secondary N) is 1. The van der Waals surface area contributed by atoms with Crippen molar-refractivity contribution in [1.82, 2.24) is 9.79 Å². The van der Waals surface area contributed by atoms with Crippen LogP contribution in [0.1, 0.15) is 11.1 Å². The zero-order valence-electron chi connectivity index (χ0n) is 15.6. The number of sulfonamides is 1. The fourth-order valence-corrected chi connectivity index (χ4v) is 4.92. The van der Waals surface area contributed by atoms with Gasteiger partial charge >= 0.3 is 0 Å². The number of piperazine rings is 1. The van der Waals surface area contributed by atoms with E-state index in [2.05, 4.69) is 4.90 Å². The monoisotopic (exact) mass is 401 g/mol. The van der Waals surface area contributed by atoms with Crippen LogP contribution in [0.15, 0.2) is 59.5 Å². The molecule has 28 heavy (non-hydrogen) atoms. The lowest BCUT2D eigenvalue weighted by Crippen LogP contribution is -2.49. The summed E-state index contributed by atoms with van der Waals surface area (Å²) in [5, 5.41) is 8.63. The van der Waals surface area contributed by atoms with E-state index in [4.69, 9.17) is 5.21 Å². The SMILES string of the molecule is Cc1ccccc1S(=O)(=O)N1CCN(c2ccccc2C=CC(=O)NO)CC1. The summed E-state index contributed by atoms with van der Waals surface area (Å²) in [5.74, 6) is -0.607. The third-order valence-electron chi connectivity index (χ3n) is 4.75. The summed E-state index contributed by atoms with van der Waals surface area (Å²) >= 11 is 0. The summed E-state index contributed by atoms with van der Waals surface area (Å²) in [6.07, 6.45) is 2.87. The number of hydrogen-bond acceptors (Lipinski definition) is 5. The molecule has 1 amide bonds. The number of hydroxylamine groups is 1. The van der Waals surface area contributed by atoms with E-state index in [9.17, 15) is 13.2 Å². The molecule has 3 rings (SSSR count). The Labute approximate surface area is 164 Å². The second-order valence-corrected chi connectivity index (χ2v) is 8.43. The molecule has 0 aliphatic carbocycles. The van der Waals surface area contributed by atoms with E-state index in [0.717, 1.165) is 16.8 Å². The first-order valence-electron chi connectivity index (χ1n) is 8.95.